The summed E-state index contributed by atoms with van der Waals surface area (Å²) in [5.41, 5.74) is 1.01. The number of alkyl halides is 1. The Kier molecular flexibility index (Phi) is 4.66. The van der Waals surface area contributed by atoms with Gasteiger partial charge in [-0.3, -0.25) is 4.79 Å². The van der Waals surface area contributed by atoms with Crippen molar-refractivity contribution in [2.45, 2.75) is 19.4 Å². The van der Waals surface area contributed by atoms with Crippen LogP contribution in [0.2, 0.25) is 0 Å². The number of aryl methyl sites for hydroxylation is 1. The standard InChI is InChI=1S/C12H13ClO4/c1-7-3-2-4-8(11(15)12(16)17)10(7)9(14)5-6-13/h2-4,11,15H,5-6H2,1H3,(H,16,17). The summed E-state index contributed by atoms with van der Waals surface area (Å²) in [5.74, 6) is -1.47. The van der Waals surface area contributed by atoms with Gasteiger partial charge in [0.15, 0.2) is 11.9 Å². The van der Waals surface area contributed by atoms with Crippen molar-refractivity contribution in [3.63, 3.8) is 0 Å². The number of halogens is 1. The van der Waals surface area contributed by atoms with Crippen LogP contribution in [-0.2, 0) is 4.79 Å². The molecule has 0 bridgehead atoms. The quantitative estimate of drug-likeness (QED) is 0.624. The van der Waals surface area contributed by atoms with Gasteiger partial charge >= 0.3 is 5.97 Å². The first kappa shape index (κ1) is 13.7. The van der Waals surface area contributed by atoms with Crippen molar-refractivity contribution in [3.8, 4) is 0 Å². The molecule has 0 amide bonds. The fourth-order valence-electron chi connectivity index (χ4n) is 1.64. The minimum Gasteiger partial charge on any atom is -0.479 e. The number of aliphatic hydroxyl groups excluding tert-OH is 1. The third-order valence-electron chi connectivity index (χ3n) is 2.43. The molecule has 1 aromatic carbocycles. The molecule has 1 aromatic rings. The van der Waals surface area contributed by atoms with Gasteiger partial charge in [-0.25, -0.2) is 4.79 Å². The third kappa shape index (κ3) is 3.05. The number of rotatable bonds is 5. The molecule has 17 heavy (non-hydrogen) atoms. The lowest BCUT2D eigenvalue weighted by Crippen LogP contribution is -2.16. The first-order chi connectivity index (χ1) is 7.99. The van der Waals surface area contributed by atoms with Gasteiger partial charge in [-0.05, 0) is 12.5 Å². The van der Waals surface area contributed by atoms with Crippen LogP contribution >= 0.6 is 11.6 Å². The van der Waals surface area contributed by atoms with Crippen molar-refractivity contribution in [1.29, 1.82) is 0 Å². The van der Waals surface area contributed by atoms with Gasteiger partial charge in [-0.2, -0.15) is 0 Å². The van der Waals surface area contributed by atoms with E-state index in [1.54, 1.807) is 19.1 Å². The summed E-state index contributed by atoms with van der Waals surface area (Å²) in [6.45, 7) is 1.69. The maximum absolute atomic E-state index is 11.8. The molecule has 0 radical (unpaired) electrons. The largest absolute Gasteiger partial charge is 0.479 e. The number of benzene rings is 1. The van der Waals surface area contributed by atoms with Gasteiger partial charge in [-0.15, -0.1) is 11.6 Å². The zero-order valence-corrected chi connectivity index (χ0v) is 10.1. The second-order valence-corrected chi connectivity index (χ2v) is 4.02. The smallest absolute Gasteiger partial charge is 0.337 e. The Balaban J connectivity index is 3.26. The lowest BCUT2D eigenvalue weighted by atomic mass is 9.94. The molecule has 4 nitrogen and oxygen atoms in total. The molecular formula is C12H13ClO4. The monoisotopic (exact) mass is 256 g/mol. The third-order valence-corrected chi connectivity index (χ3v) is 2.62. The molecule has 0 saturated heterocycles. The van der Waals surface area contributed by atoms with Crippen molar-refractivity contribution in [3.05, 3.63) is 34.9 Å². The van der Waals surface area contributed by atoms with Crippen LogP contribution in [-0.4, -0.2) is 27.8 Å². The highest BCUT2D eigenvalue weighted by molar-refractivity contribution is 6.19. The van der Waals surface area contributed by atoms with Crippen LogP contribution in [0, 0.1) is 6.92 Å². The number of aliphatic hydroxyl groups is 1. The Morgan fingerprint density at radius 3 is 2.59 bits per heavy atom. The molecule has 0 aliphatic rings. The second kappa shape index (κ2) is 5.80. The maximum atomic E-state index is 11.8. The number of ketones is 1. The average Bonchev–Trinajstić information content (AvgIpc) is 2.27. The van der Waals surface area contributed by atoms with Crippen LogP contribution in [0.15, 0.2) is 18.2 Å². The second-order valence-electron chi connectivity index (χ2n) is 3.64. The van der Waals surface area contributed by atoms with Gasteiger partial charge in [0.05, 0.1) is 0 Å². The van der Waals surface area contributed by atoms with Crippen LogP contribution in [0.1, 0.15) is 34.0 Å². The number of carboxylic acids is 1. The van der Waals surface area contributed by atoms with Crippen molar-refractivity contribution >= 4 is 23.4 Å². The van der Waals surface area contributed by atoms with E-state index in [1.807, 2.05) is 0 Å². The molecule has 1 unspecified atom stereocenters. The van der Waals surface area contributed by atoms with Crippen LogP contribution < -0.4 is 0 Å². The molecule has 0 saturated carbocycles. The van der Waals surface area contributed by atoms with Gasteiger partial charge in [0.2, 0.25) is 0 Å². The van der Waals surface area contributed by atoms with Gasteiger partial charge < -0.3 is 10.2 Å². The van der Waals surface area contributed by atoms with E-state index in [0.717, 1.165) is 0 Å². The molecular weight excluding hydrogens is 244 g/mol. The van der Waals surface area contributed by atoms with E-state index in [9.17, 15) is 14.7 Å². The molecule has 0 aliphatic carbocycles. The Bertz CT molecular complexity index is 442. The predicted octanol–water partition coefficient (Wildman–Crippen LogP) is 1.92. The van der Waals surface area contributed by atoms with E-state index in [2.05, 4.69) is 0 Å². The Morgan fingerprint density at radius 2 is 2.06 bits per heavy atom. The van der Waals surface area contributed by atoms with Crippen molar-refractivity contribution in [2.24, 2.45) is 0 Å². The van der Waals surface area contributed by atoms with Crippen LogP contribution in [0.25, 0.3) is 0 Å². The zero-order chi connectivity index (χ0) is 13.0. The van der Waals surface area contributed by atoms with Crippen LogP contribution in [0.4, 0.5) is 0 Å². The highest BCUT2D eigenvalue weighted by atomic mass is 35.5. The number of hydrogen-bond acceptors (Lipinski definition) is 3. The minimum absolute atomic E-state index is 0.117. The number of carbonyl (C=O) groups is 2. The summed E-state index contributed by atoms with van der Waals surface area (Å²) >= 11 is 5.49. The molecule has 1 atom stereocenters. The molecule has 5 heteroatoms. The SMILES string of the molecule is Cc1cccc(C(O)C(=O)O)c1C(=O)CCCl. The molecule has 0 aromatic heterocycles. The number of Topliss-reactive ketones (excluding diaryl/α,β-unsaturated/α-hetero) is 1. The maximum Gasteiger partial charge on any atom is 0.337 e. The van der Waals surface area contributed by atoms with Crippen molar-refractivity contribution < 1.29 is 19.8 Å². The highest BCUT2D eigenvalue weighted by Crippen LogP contribution is 2.23. The lowest BCUT2D eigenvalue weighted by molar-refractivity contribution is -0.146. The average molecular weight is 257 g/mol. The normalized spacial score (nSPS) is 12.2. The van der Waals surface area contributed by atoms with E-state index < -0.39 is 12.1 Å². The van der Waals surface area contributed by atoms with Crippen LogP contribution in [0.3, 0.4) is 0 Å². The molecule has 0 spiro atoms. The minimum atomic E-state index is -1.69. The highest BCUT2D eigenvalue weighted by Gasteiger charge is 2.23. The number of aliphatic carboxylic acids is 1. The lowest BCUT2D eigenvalue weighted by Gasteiger charge is -2.13. The molecule has 0 aliphatic heterocycles. The van der Waals surface area contributed by atoms with E-state index in [1.165, 1.54) is 6.07 Å². The first-order valence-electron chi connectivity index (χ1n) is 5.08. The van der Waals surface area contributed by atoms with Gasteiger partial charge in [-0.1, -0.05) is 18.2 Å². The van der Waals surface area contributed by atoms with E-state index in [4.69, 9.17) is 16.7 Å². The number of carbonyl (C=O) groups excluding carboxylic acids is 1. The molecule has 92 valence electrons. The molecule has 2 N–H and O–H groups in total. The zero-order valence-electron chi connectivity index (χ0n) is 9.31. The Morgan fingerprint density at radius 1 is 1.41 bits per heavy atom. The van der Waals surface area contributed by atoms with Crippen LogP contribution in [0.5, 0.6) is 0 Å². The topological polar surface area (TPSA) is 74.6 Å². The Labute approximate surface area is 104 Å². The van der Waals surface area contributed by atoms with E-state index in [-0.39, 0.29) is 29.2 Å². The molecule has 1 rings (SSSR count). The van der Waals surface area contributed by atoms with Gasteiger partial charge in [0.1, 0.15) is 0 Å². The number of hydrogen-bond donors (Lipinski definition) is 2. The molecule has 0 fully saturated rings. The van der Waals surface area contributed by atoms with E-state index in [0.29, 0.717) is 5.56 Å². The van der Waals surface area contributed by atoms with Gasteiger partial charge in [0.25, 0.3) is 0 Å². The Hall–Kier alpha value is -1.39. The number of carboxylic acid groups (broad SMARTS) is 1. The summed E-state index contributed by atoms with van der Waals surface area (Å²) < 4.78 is 0. The van der Waals surface area contributed by atoms with E-state index >= 15 is 0 Å². The van der Waals surface area contributed by atoms with Crippen molar-refractivity contribution in [2.75, 3.05) is 5.88 Å². The predicted molar refractivity (Wildman–Crippen MR) is 63.4 cm³/mol. The summed E-state index contributed by atoms with van der Waals surface area (Å²) in [4.78, 5) is 22.6. The fourth-order valence-corrected chi connectivity index (χ4v) is 1.81. The van der Waals surface area contributed by atoms with Crippen molar-refractivity contribution in [1.82, 2.24) is 0 Å². The first-order valence-corrected chi connectivity index (χ1v) is 5.62. The summed E-state index contributed by atoms with van der Waals surface area (Å²) in [6, 6.07) is 4.74. The summed E-state index contributed by atoms with van der Waals surface area (Å²) in [7, 11) is 0. The van der Waals surface area contributed by atoms with Gasteiger partial charge in [0, 0.05) is 23.4 Å². The fraction of sp³-hybridized carbons (Fsp3) is 0.333. The summed E-state index contributed by atoms with van der Waals surface area (Å²) in [6.07, 6.45) is -1.57. The summed E-state index contributed by atoms with van der Waals surface area (Å²) in [5, 5.41) is 18.3. The molecule has 0 heterocycles.